The van der Waals surface area contributed by atoms with E-state index in [2.05, 4.69) is 23.1 Å². The second-order valence-corrected chi connectivity index (χ2v) is 8.56. The van der Waals surface area contributed by atoms with E-state index in [0.717, 1.165) is 12.8 Å². The number of carbonyl (C=O) groups is 3. The number of nitrogens with one attached hydrogen (secondary N) is 2. The standard InChI is InChI=1S/C25H35N3O4/c1-8-11-18(4)27-23(30)22(20-14-12-19(10-3)13-15-20)28(16-9-2)21(29)17-26-24(31)32-25(5,6)7/h3,9,12-15,18,22H,2,8,11,16-17H2,1,4-7H3,(H,26,31)(H,27,30). The van der Waals surface area contributed by atoms with Gasteiger partial charge in [-0.05, 0) is 51.8 Å². The van der Waals surface area contributed by atoms with E-state index < -0.39 is 23.6 Å². The molecule has 32 heavy (non-hydrogen) atoms. The summed E-state index contributed by atoms with van der Waals surface area (Å²) in [6, 6.07) is 5.94. The first-order valence-corrected chi connectivity index (χ1v) is 10.8. The Morgan fingerprint density at radius 2 is 1.88 bits per heavy atom. The maximum atomic E-state index is 13.2. The van der Waals surface area contributed by atoms with Gasteiger partial charge in [-0.1, -0.05) is 37.5 Å². The lowest BCUT2D eigenvalue weighted by Gasteiger charge is -2.31. The van der Waals surface area contributed by atoms with Gasteiger partial charge in [0, 0.05) is 18.2 Å². The van der Waals surface area contributed by atoms with Gasteiger partial charge in [0.2, 0.25) is 11.8 Å². The van der Waals surface area contributed by atoms with Crippen LogP contribution in [0.4, 0.5) is 4.79 Å². The fourth-order valence-corrected chi connectivity index (χ4v) is 3.12. The van der Waals surface area contributed by atoms with Crippen LogP contribution in [0.2, 0.25) is 0 Å². The number of hydrogen-bond acceptors (Lipinski definition) is 4. The van der Waals surface area contributed by atoms with Crippen LogP contribution in [0.25, 0.3) is 0 Å². The first-order chi connectivity index (χ1) is 15.0. The maximum absolute atomic E-state index is 13.2. The first-order valence-electron chi connectivity index (χ1n) is 10.8. The number of carbonyl (C=O) groups excluding carboxylic acids is 3. The minimum atomic E-state index is -0.910. The smallest absolute Gasteiger partial charge is 0.408 e. The van der Waals surface area contributed by atoms with Crippen LogP contribution in [0.1, 0.15) is 64.6 Å². The molecule has 0 aromatic heterocycles. The number of rotatable bonds is 10. The molecule has 0 radical (unpaired) electrons. The van der Waals surface area contributed by atoms with Crippen molar-refractivity contribution < 1.29 is 19.1 Å². The van der Waals surface area contributed by atoms with E-state index in [4.69, 9.17) is 11.2 Å². The largest absolute Gasteiger partial charge is 0.444 e. The van der Waals surface area contributed by atoms with Crippen LogP contribution in [0, 0.1) is 12.3 Å². The molecule has 0 bridgehead atoms. The van der Waals surface area contributed by atoms with E-state index >= 15 is 0 Å². The summed E-state index contributed by atoms with van der Waals surface area (Å²) in [6.45, 7) is 12.7. The zero-order valence-corrected chi connectivity index (χ0v) is 19.7. The molecule has 2 N–H and O–H groups in total. The van der Waals surface area contributed by atoms with Gasteiger partial charge in [0.05, 0.1) is 0 Å². The van der Waals surface area contributed by atoms with Crippen molar-refractivity contribution in [2.75, 3.05) is 13.1 Å². The van der Waals surface area contributed by atoms with Gasteiger partial charge < -0.3 is 20.3 Å². The Hall–Kier alpha value is -3.27. The summed E-state index contributed by atoms with van der Waals surface area (Å²) >= 11 is 0. The van der Waals surface area contributed by atoms with E-state index in [-0.39, 0.29) is 25.0 Å². The molecule has 2 atom stereocenters. The zero-order valence-electron chi connectivity index (χ0n) is 19.7. The van der Waals surface area contributed by atoms with Gasteiger partial charge in [0.1, 0.15) is 18.2 Å². The Balaban J connectivity index is 3.17. The third kappa shape index (κ3) is 8.84. The molecule has 0 saturated heterocycles. The van der Waals surface area contributed by atoms with Crippen molar-refractivity contribution >= 4 is 17.9 Å². The molecule has 0 spiro atoms. The highest BCUT2D eigenvalue weighted by Crippen LogP contribution is 2.23. The van der Waals surface area contributed by atoms with Crippen molar-refractivity contribution in [1.29, 1.82) is 0 Å². The molecule has 3 amide bonds. The highest BCUT2D eigenvalue weighted by atomic mass is 16.6. The Morgan fingerprint density at radius 3 is 2.38 bits per heavy atom. The van der Waals surface area contributed by atoms with Crippen molar-refractivity contribution in [3.63, 3.8) is 0 Å². The predicted molar refractivity (Wildman–Crippen MR) is 126 cm³/mol. The second-order valence-electron chi connectivity index (χ2n) is 8.56. The summed E-state index contributed by atoms with van der Waals surface area (Å²) < 4.78 is 5.19. The normalized spacial score (nSPS) is 12.6. The molecular formula is C25H35N3O4. The molecule has 0 heterocycles. The molecule has 0 aliphatic heterocycles. The van der Waals surface area contributed by atoms with E-state index in [0.29, 0.717) is 11.1 Å². The Bertz CT molecular complexity index is 834. The minimum absolute atomic E-state index is 0.0550. The molecule has 7 nitrogen and oxygen atoms in total. The fourth-order valence-electron chi connectivity index (χ4n) is 3.12. The molecule has 0 aliphatic carbocycles. The van der Waals surface area contributed by atoms with Crippen molar-refractivity contribution in [2.45, 2.75) is 65.1 Å². The Labute approximate surface area is 191 Å². The first kappa shape index (κ1) is 26.8. The third-order valence-electron chi connectivity index (χ3n) is 4.49. The molecule has 0 saturated carbocycles. The van der Waals surface area contributed by atoms with Crippen molar-refractivity contribution in [3.05, 3.63) is 48.0 Å². The van der Waals surface area contributed by atoms with Gasteiger partial charge in [0.25, 0.3) is 0 Å². The average Bonchev–Trinajstić information content (AvgIpc) is 2.71. The van der Waals surface area contributed by atoms with E-state index in [1.54, 1.807) is 45.0 Å². The van der Waals surface area contributed by atoms with Crippen LogP contribution in [0.3, 0.4) is 0 Å². The number of nitrogens with zero attached hydrogens (tertiary/aromatic N) is 1. The van der Waals surface area contributed by atoms with Crippen molar-refractivity contribution in [3.8, 4) is 12.3 Å². The third-order valence-corrected chi connectivity index (χ3v) is 4.49. The molecule has 1 aromatic carbocycles. The lowest BCUT2D eigenvalue weighted by atomic mass is 10.0. The maximum Gasteiger partial charge on any atom is 0.408 e. The van der Waals surface area contributed by atoms with Crippen LogP contribution >= 0.6 is 0 Å². The summed E-state index contributed by atoms with van der Waals surface area (Å²) in [4.78, 5) is 39.7. The molecule has 1 aromatic rings. The average molecular weight is 442 g/mol. The van der Waals surface area contributed by atoms with Crippen molar-refractivity contribution in [2.24, 2.45) is 0 Å². The number of amides is 3. The number of terminal acetylenes is 1. The number of benzene rings is 1. The van der Waals surface area contributed by atoms with Gasteiger partial charge >= 0.3 is 6.09 Å². The number of hydrogen-bond donors (Lipinski definition) is 2. The minimum Gasteiger partial charge on any atom is -0.444 e. The SMILES string of the molecule is C#Cc1ccc(C(C(=O)NC(C)CCC)N(CC=C)C(=O)CNC(=O)OC(C)(C)C)cc1. The van der Waals surface area contributed by atoms with Crippen LogP contribution < -0.4 is 10.6 Å². The van der Waals surface area contributed by atoms with Crippen molar-refractivity contribution in [1.82, 2.24) is 15.5 Å². The predicted octanol–water partition coefficient (Wildman–Crippen LogP) is 3.55. The van der Waals surface area contributed by atoms with E-state index in [1.165, 1.54) is 11.0 Å². The highest BCUT2D eigenvalue weighted by molar-refractivity contribution is 5.90. The molecule has 2 unspecified atom stereocenters. The molecule has 174 valence electrons. The van der Waals surface area contributed by atoms with Crippen LogP contribution in [-0.4, -0.2) is 47.5 Å². The van der Waals surface area contributed by atoms with Crippen LogP contribution in [0.15, 0.2) is 36.9 Å². The lowest BCUT2D eigenvalue weighted by molar-refractivity contribution is -0.139. The summed E-state index contributed by atoms with van der Waals surface area (Å²) in [6.07, 6.45) is 8.00. The molecule has 7 heteroatoms. The quantitative estimate of drug-likeness (QED) is 0.429. The van der Waals surface area contributed by atoms with Gasteiger partial charge in [0.15, 0.2) is 0 Å². The molecule has 0 fully saturated rings. The zero-order chi connectivity index (χ0) is 24.3. The van der Waals surface area contributed by atoms with Gasteiger partial charge in [-0.2, -0.15) is 0 Å². The van der Waals surface area contributed by atoms with Gasteiger partial charge in [-0.15, -0.1) is 13.0 Å². The lowest BCUT2D eigenvalue weighted by Crippen LogP contribution is -2.49. The monoisotopic (exact) mass is 441 g/mol. The van der Waals surface area contributed by atoms with Gasteiger partial charge in [-0.25, -0.2) is 4.79 Å². The van der Waals surface area contributed by atoms with Crippen LogP contribution in [0.5, 0.6) is 0 Å². The molecule has 0 aliphatic rings. The summed E-state index contributed by atoms with van der Waals surface area (Å²) in [7, 11) is 0. The highest BCUT2D eigenvalue weighted by Gasteiger charge is 2.31. The molecule has 1 rings (SSSR count). The van der Waals surface area contributed by atoms with Crippen LogP contribution in [-0.2, 0) is 14.3 Å². The topological polar surface area (TPSA) is 87.7 Å². The van der Waals surface area contributed by atoms with E-state index in [1.807, 2.05) is 13.8 Å². The Kier molecular flexibility index (Phi) is 10.5. The Morgan fingerprint density at radius 1 is 1.25 bits per heavy atom. The number of alkyl carbamates (subject to hydrolysis) is 1. The summed E-state index contributed by atoms with van der Waals surface area (Å²) in [5, 5.41) is 5.44. The summed E-state index contributed by atoms with van der Waals surface area (Å²) in [5.74, 6) is 1.78. The summed E-state index contributed by atoms with van der Waals surface area (Å²) in [5.41, 5.74) is 0.586. The fraction of sp³-hybridized carbons (Fsp3) is 0.480. The van der Waals surface area contributed by atoms with Gasteiger partial charge in [-0.3, -0.25) is 9.59 Å². The van der Waals surface area contributed by atoms with E-state index in [9.17, 15) is 14.4 Å². The number of ether oxygens (including phenoxy) is 1. The second kappa shape index (κ2) is 12.6. The molecular weight excluding hydrogens is 406 g/mol.